The van der Waals surface area contributed by atoms with Gasteiger partial charge in [0.05, 0.1) is 7.11 Å². The van der Waals surface area contributed by atoms with Gasteiger partial charge in [0.15, 0.2) is 6.61 Å². The molecule has 0 saturated carbocycles. The van der Waals surface area contributed by atoms with Crippen LogP contribution in [0.4, 0.5) is 0 Å². The number of carbonyl (C=O) groups excluding carboxylic acids is 2. The van der Waals surface area contributed by atoms with Crippen LogP contribution in [-0.2, 0) is 20.9 Å². The van der Waals surface area contributed by atoms with Crippen molar-refractivity contribution in [2.75, 3.05) is 20.3 Å². The highest BCUT2D eigenvalue weighted by Gasteiger charge is 2.17. The summed E-state index contributed by atoms with van der Waals surface area (Å²) in [7, 11) is 1.32. The van der Waals surface area contributed by atoms with Crippen molar-refractivity contribution in [3.05, 3.63) is 29.8 Å². The number of esters is 1. The van der Waals surface area contributed by atoms with E-state index in [1.54, 1.807) is 12.1 Å². The van der Waals surface area contributed by atoms with E-state index < -0.39 is 5.97 Å². The second-order valence-corrected chi connectivity index (χ2v) is 5.29. The van der Waals surface area contributed by atoms with E-state index in [2.05, 4.69) is 15.4 Å². The van der Waals surface area contributed by atoms with Crippen molar-refractivity contribution in [1.29, 1.82) is 0 Å². The summed E-state index contributed by atoms with van der Waals surface area (Å²) in [4.78, 5) is 22.9. The number of amides is 1. The molecule has 120 valence electrons. The minimum absolute atomic E-state index is 0.0419. The Balaban J connectivity index is 1.77. The molecule has 1 atom stereocenters. The summed E-state index contributed by atoms with van der Waals surface area (Å²) >= 11 is 0. The van der Waals surface area contributed by atoms with Crippen molar-refractivity contribution < 1.29 is 19.1 Å². The maximum Gasteiger partial charge on any atom is 0.343 e. The van der Waals surface area contributed by atoms with E-state index in [-0.39, 0.29) is 12.5 Å². The fourth-order valence-electron chi connectivity index (χ4n) is 2.37. The number of hydrogen-bond donors (Lipinski definition) is 2. The zero-order valence-corrected chi connectivity index (χ0v) is 12.8. The van der Waals surface area contributed by atoms with E-state index in [0.717, 1.165) is 24.9 Å². The van der Waals surface area contributed by atoms with Gasteiger partial charge in [-0.25, -0.2) is 4.79 Å². The zero-order valence-electron chi connectivity index (χ0n) is 12.8. The summed E-state index contributed by atoms with van der Waals surface area (Å²) in [6.45, 7) is 1.32. The molecule has 6 heteroatoms. The average Bonchev–Trinajstić information content (AvgIpc) is 3.04. The fraction of sp³-hybridized carbons (Fsp3) is 0.500. The van der Waals surface area contributed by atoms with Crippen molar-refractivity contribution in [2.24, 2.45) is 0 Å². The highest BCUT2D eigenvalue weighted by molar-refractivity contribution is 5.76. The van der Waals surface area contributed by atoms with E-state index in [1.807, 2.05) is 12.1 Å². The maximum atomic E-state index is 11.9. The Morgan fingerprint density at radius 1 is 1.41 bits per heavy atom. The second-order valence-electron chi connectivity index (χ2n) is 5.29. The van der Waals surface area contributed by atoms with Crippen LogP contribution in [0.5, 0.6) is 5.75 Å². The van der Waals surface area contributed by atoms with Gasteiger partial charge in [0, 0.05) is 19.0 Å². The van der Waals surface area contributed by atoms with Gasteiger partial charge >= 0.3 is 5.97 Å². The topological polar surface area (TPSA) is 76.7 Å². The first kappa shape index (κ1) is 16.3. The Hall–Kier alpha value is -2.08. The SMILES string of the molecule is COC(=O)COc1cccc(CNC(=O)CC2CCCN2)c1. The average molecular weight is 306 g/mol. The van der Waals surface area contributed by atoms with Crippen molar-refractivity contribution in [1.82, 2.24) is 10.6 Å². The lowest BCUT2D eigenvalue weighted by Crippen LogP contribution is -2.31. The van der Waals surface area contributed by atoms with Gasteiger partial charge < -0.3 is 20.1 Å². The number of nitrogens with one attached hydrogen (secondary N) is 2. The van der Waals surface area contributed by atoms with Crippen LogP contribution < -0.4 is 15.4 Å². The molecule has 1 aromatic rings. The Kier molecular flexibility index (Phi) is 6.21. The smallest absolute Gasteiger partial charge is 0.343 e. The van der Waals surface area contributed by atoms with Crippen LogP contribution in [0.25, 0.3) is 0 Å². The molecule has 2 N–H and O–H groups in total. The van der Waals surface area contributed by atoms with Crippen molar-refractivity contribution in [3.8, 4) is 5.75 Å². The Morgan fingerprint density at radius 3 is 3.00 bits per heavy atom. The van der Waals surface area contributed by atoms with Crippen molar-refractivity contribution in [2.45, 2.75) is 31.8 Å². The summed E-state index contributed by atoms with van der Waals surface area (Å²) < 4.78 is 9.83. The first-order valence-electron chi connectivity index (χ1n) is 7.46. The van der Waals surface area contributed by atoms with Crippen molar-refractivity contribution in [3.63, 3.8) is 0 Å². The molecule has 0 aromatic heterocycles. The van der Waals surface area contributed by atoms with Crippen LogP contribution in [0, 0.1) is 0 Å². The number of benzene rings is 1. The summed E-state index contributed by atoms with van der Waals surface area (Å²) in [5.41, 5.74) is 0.926. The molecule has 1 aliphatic heterocycles. The Morgan fingerprint density at radius 2 is 2.27 bits per heavy atom. The van der Waals surface area contributed by atoms with Crippen LogP contribution in [0.15, 0.2) is 24.3 Å². The molecule has 0 spiro atoms. The summed E-state index contributed by atoms with van der Waals surface area (Å²) in [5.74, 6) is 0.192. The third-order valence-corrected chi connectivity index (χ3v) is 3.57. The standard InChI is InChI=1S/C16H22N2O4/c1-21-16(20)11-22-14-6-2-4-12(8-14)10-18-15(19)9-13-5-3-7-17-13/h2,4,6,8,13,17H,3,5,7,9-11H2,1H3,(H,18,19). The number of ether oxygens (including phenoxy) is 2. The molecule has 0 aliphatic carbocycles. The lowest BCUT2D eigenvalue weighted by Gasteiger charge is -2.11. The van der Waals surface area contributed by atoms with Gasteiger partial charge in [-0.2, -0.15) is 0 Å². The highest BCUT2D eigenvalue weighted by Crippen LogP contribution is 2.13. The van der Waals surface area contributed by atoms with Gasteiger partial charge in [0.25, 0.3) is 0 Å². The van der Waals surface area contributed by atoms with E-state index in [4.69, 9.17) is 4.74 Å². The lowest BCUT2D eigenvalue weighted by molar-refractivity contribution is -0.142. The molecular weight excluding hydrogens is 284 g/mol. The van der Waals surface area contributed by atoms with Crippen LogP contribution >= 0.6 is 0 Å². The van der Waals surface area contributed by atoms with Gasteiger partial charge in [0.1, 0.15) is 5.75 Å². The largest absolute Gasteiger partial charge is 0.482 e. The fourth-order valence-corrected chi connectivity index (χ4v) is 2.37. The lowest BCUT2D eigenvalue weighted by atomic mass is 10.1. The first-order chi connectivity index (χ1) is 10.7. The zero-order chi connectivity index (χ0) is 15.8. The summed E-state index contributed by atoms with van der Waals surface area (Å²) in [6, 6.07) is 7.59. The molecule has 1 heterocycles. The predicted octanol–water partition coefficient (Wildman–Crippen LogP) is 0.997. The van der Waals surface area contributed by atoms with Crippen LogP contribution in [0.3, 0.4) is 0 Å². The summed E-state index contributed by atoms with van der Waals surface area (Å²) in [5, 5.41) is 6.21. The molecule has 1 saturated heterocycles. The van der Waals surface area contributed by atoms with E-state index in [0.29, 0.717) is 24.8 Å². The number of carbonyl (C=O) groups is 2. The third kappa shape index (κ3) is 5.37. The Bertz CT molecular complexity index is 513. The molecule has 1 unspecified atom stereocenters. The van der Waals surface area contributed by atoms with Gasteiger partial charge in [-0.1, -0.05) is 12.1 Å². The molecule has 0 radical (unpaired) electrons. The highest BCUT2D eigenvalue weighted by atomic mass is 16.6. The number of hydrogen-bond acceptors (Lipinski definition) is 5. The minimum atomic E-state index is -0.428. The molecule has 1 aliphatic rings. The Labute approximate surface area is 130 Å². The van der Waals surface area contributed by atoms with E-state index in [9.17, 15) is 9.59 Å². The molecule has 6 nitrogen and oxygen atoms in total. The molecular formula is C16H22N2O4. The number of methoxy groups -OCH3 is 1. The van der Waals surface area contributed by atoms with Gasteiger partial charge in [-0.3, -0.25) is 4.79 Å². The van der Waals surface area contributed by atoms with Crippen LogP contribution in [0.1, 0.15) is 24.8 Å². The molecule has 0 bridgehead atoms. The quantitative estimate of drug-likeness (QED) is 0.735. The maximum absolute atomic E-state index is 11.9. The van der Waals surface area contributed by atoms with E-state index in [1.165, 1.54) is 7.11 Å². The van der Waals surface area contributed by atoms with Gasteiger partial charge in [0.2, 0.25) is 5.91 Å². The van der Waals surface area contributed by atoms with Gasteiger partial charge in [-0.15, -0.1) is 0 Å². The predicted molar refractivity (Wildman–Crippen MR) is 81.4 cm³/mol. The molecule has 2 rings (SSSR count). The molecule has 1 fully saturated rings. The minimum Gasteiger partial charge on any atom is -0.482 e. The first-order valence-corrected chi connectivity index (χ1v) is 7.46. The molecule has 22 heavy (non-hydrogen) atoms. The van der Waals surface area contributed by atoms with E-state index >= 15 is 0 Å². The van der Waals surface area contributed by atoms with Gasteiger partial charge in [-0.05, 0) is 37.1 Å². The molecule has 1 aromatic carbocycles. The van der Waals surface area contributed by atoms with Crippen LogP contribution in [0.2, 0.25) is 0 Å². The summed E-state index contributed by atoms with van der Waals surface area (Å²) in [6.07, 6.45) is 2.71. The second kappa shape index (κ2) is 8.38. The normalized spacial score (nSPS) is 17.0. The molecule has 1 amide bonds. The number of rotatable bonds is 7. The monoisotopic (exact) mass is 306 g/mol. The van der Waals surface area contributed by atoms with Crippen LogP contribution in [-0.4, -0.2) is 38.2 Å². The van der Waals surface area contributed by atoms with Crippen molar-refractivity contribution >= 4 is 11.9 Å². The third-order valence-electron chi connectivity index (χ3n) is 3.57.